The molecular formula is C20H20ClN3O6. The van der Waals surface area contributed by atoms with E-state index in [-0.39, 0.29) is 6.61 Å². The first kappa shape index (κ1) is 22.7. The van der Waals surface area contributed by atoms with Crippen LogP contribution in [0.1, 0.15) is 15.9 Å². The van der Waals surface area contributed by atoms with Crippen molar-refractivity contribution in [2.75, 3.05) is 19.8 Å². The molecule has 0 bridgehead atoms. The van der Waals surface area contributed by atoms with Gasteiger partial charge >= 0.3 is 5.97 Å². The van der Waals surface area contributed by atoms with E-state index in [2.05, 4.69) is 16.2 Å². The van der Waals surface area contributed by atoms with Gasteiger partial charge in [-0.1, -0.05) is 29.3 Å². The van der Waals surface area contributed by atoms with Crippen LogP contribution in [0, 0.1) is 6.92 Å². The molecule has 0 saturated carbocycles. The normalized spacial score (nSPS) is 9.93. The molecular weight excluding hydrogens is 414 g/mol. The van der Waals surface area contributed by atoms with E-state index in [1.165, 1.54) is 0 Å². The molecule has 10 heteroatoms. The molecule has 3 amide bonds. The van der Waals surface area contributed by atoms with Crippen LogP contribution in [-0.2, 0) is 19.1 Å². The maximum atomic E-state index is 11.9. The molecule has 0 atom stereocenters. The van der Waals surface area contributed by atoms with Gasteiger partial charge in [-0.15, -0.1) is 0 Å². The summed E-state index contributed by atoms with van der Waals surface area (Å²) in [4.78, 5) is 46.8. The molecule has 0 aliphatic heterocycles. The summed E-state index contributed by atoms with van der Waals surface area (Å²) in [5, 5.41) is 2.92. The van der Waals surface area contributed by atoms with Crippen LogP contribution in [-0.4, -0.2) is 43.4 Å². The fourth-order valence-electron chi connectivity index (χ4n) is 2.05. The van der Waals surface area contributed by atoms with Crippen molar-refractivity contribution in [3.05, 3.63) is 64.7 Å². The van der Waals surface area contributed by atoms with Crippen LogP contribution in [0.5, 0.6) is 5.75 Å². The third-order valence-electron chi connectivity index (χ3n) is 3.60. The molecule has 0 aromatic heterocycles. The van der Waals surface area contributed by atoms with E-state index in [1.54, 1.807) is 48.5 Å². The molecule has 0 spiro atoms. The highest BCUT2D eigenvalue weighted by Gasteiger charge is 2.11. The van der Waals surface area contributed by atoms with Crippen molar-refractivity contribution in [1.82, 2.24) is 16.2 Å². The summed E-state index contributed by atoms with van der Waals surface area (Å²) in [5.74, 6) is -2.18. The lowest BCUT2D eigenvalue weighted by atomic mass is 10.1. The molecule has 0 aliphatic carbocycles. The predicted octanol–water partition coefficient (Wildman–Crippen LogP) is 1.15. The van der Waals surface area contributed by atoms with E-state index < -0.39 is 36.8 Å². The molecule has 3 N–H and O–H groups in total. The molecule has 0 heterocycles. The molecule has 0 unspecified atom stereocenters. The zero-order valence-corrected chi connectivity index (χ0v) is 16.8. The van der Waals surface area contributed by atoms with E-state index in [1.807, 2.05) is 6.92 Å². The van der Waals surface area contributed by atoms with Gasteiger partial charge in [-0.2, -0.15) is 0 Å². The highest BCUT2D eigenvalue weighted by atomic mass is 35.5. The SMILES string of the molecule is Cc1ccc(C(=O)NCC(=O)OCC(=O)NNC(=O)COc2ccc(Cl)cc2)cc1. The Bertz CT molecular complexity index is 900. The first-order chi connectivity index (χ1) is 14.3. The van der Waals surface area contributed by atoms with Gasteiger partial charge in [-0.3, -0.25) is 30.0 Å². The van der Waals surface area contributed by atoms with Crippen LogP contribution in [0.4, 0.5) is 0 Å². The Labute approximate surface area is 177 Å². The van der Waals surface area contributed by atoms with E-state index in [0.29, 0.717) is 16.3 Å². The zero-order valence-electron chi connectivity index (χ0n) is 16.1. The van der Waals surface area contributed by atoms with Gasteiger partial charge in [0.15, 0.2) is 13.2 Å². The molecule has 2 aromatic rings. The average molecular weight is 434 g/mol. The van der Waals surface area contributed by atoms with Gasteiger partial charge < -0.3 is 14.8 Å². The summed E-state index contributed by atoms with van der Waals surface area (Å²) in [6.07, 6.45) is 0. The lowest BCUT2D eigenvalue weighted by molar-refractivity contribution is -0.148. The topological polar surface area (TPSA) is 123 Å². The summed E-state index contributed by atoms with van der Waals surface area (Å²) in [6, 6.07) is 13.2. The monoisotopic (exact) mass is 433 g/mol. The predicted molar refractivity (Wildman–Crippen MR) is 108 cm³/mol. The summed E-state index contributed by atoms with van der Waals surface area (Å²) in [5.41, 5.74) is 5.59. The van der Waals surface area contributed by atoms with Gasteiger partial charge in [0.25, 0.3) is 17.7 Å². The number of hydrogen-bond donors (Lipinski definition) is 3. The minimum absolute atomic E-state index is 0.341. The Morgan fingerprint density at radius 3 is 2.10 bits per heavy atom. The summed E-state index contributed by atoms with van der Waals surface area (Å²) in [6.45, 7) is 0.519. The zero-order chi connectivity index (χ0) is 21.9. The third-order valence-corrected chi connectivity index (χ3v) is 3.85. The minimum Gasteiger partial charge on any atom is -0.484 e. The first-order valence-corrected chi connectivity index (χ1v) is 9.18. The van der Waals surface area contributed by atoms with Crippen LogP contribution in [0.15, 0.2) is 48.5 Å². The third kappa shape index (κ3) is 8.19. The lowest BCUT2D eigenvalue weighted by Crippen LogP contribution is -2.45. The molecule has 0 aliphatic rings. The number of benzene rings is 2. The van der Waals surface area contributed by atoms with Crippen molar-refractivity contribution in [3.8, 4) is 5.75 Å². The number of esters is 1. The van der Waals surface area contributed by atoms with E-state index in [9.17, 15) is 19.2 Å². The van der Waals surface area contributed by atoms with E-state index >= 15 is 0 Å². The van der Waals surface area contributed by atoms with Crippen LogP contribution >= 0.6 is 11.6 Å². The van der Waals surface area contributed by atoms with Gasteiger partial charge in [-0.25, -0.2) is 0 Å². The van der Waals surface area contributed by atoms with Crippen LogP contribution in [0.3, 0.4) is 0 Å². The van der Waals surface area contributed by atoms with Gasteiger partial charge in [0, 0.05) is 10.6 Å². The standard InChI is InChI=1S/C20H20ClN3O6/c1-13-2-4-14(5-3-13)20(28)22-10-19(27)30-12-18(26)24-23-17(25)11-29-16-8-6-15(21)7-9-16/h2-9H,10-12H2,1H3,(H,22,28)(H,23,25)(H,24,26). The number of aryl methyl sites for hydroxylation is 1. The van der Waals surface area contributed by atoms with E-state index in [4.69, 9.17) is 21.1 Å². The van der Waals surface area contributed by atoms with Crippen LogP contribution in [0.2, 0.25) is 5.02 Å². The number of ether oxygens (including phenoxy) is 2. The highest BCUT2D eigenvalue weighted by molar-refractivity contribution is 6.30. The fraction of sp³-hybridized carbons (Fsp3) is 0.200. The van der Waals surface area contributed by atoms with Crippen molar-refractivity contribution in [2.24, 2.45) is 0 Å². The molecule has 9 nitrogen and oxygen atoms in total. The minimum atomic E-state index is -0.803. The Morgan fingerprint density at radius 1 is 0.867 bits per heavy atom. The summed E-state index contributed by atoms with van der Waals surface area (Å²) < 4.78 is 9.92. The summed E-state index contributed by atoms with van der Waals surface area (Å²) in [7, 11) is 0. The number of hydrogen-bond acceptors (Lipinski definition) is 6. The smallest absolute Gasteiger partial charge is 0.325 e. The Hall–Kier alpha value is -3.59. The molecule has 30 heavy (non-hydrogen) atoms. The Kier molecular flexibility index (Phi) is 8.64. The number of rotatable bonds is 8. The molecule has 0 fully saturated rings. The molecule has 0 radical (unpaired) electrons. The maximum Gasteiger partial charge on any atom is 0.325 e. The number of halogens is 1. The van der Waals surface area contributed by atoms with Gasteiger partial charge in [0.2, 0.25) is 0 Å². The van der Waals surface area contributed by atoms with Crippen molar-refractivity contribution in [3.63, 3.8) is 0 Å². The maximum absolute atomic E-state index is 11.9. The van der Waals surface area contributed by atoms with Crippen molar-refractivity contribution in [2.45, 2.75) is 6.92 Å². The lowest BCUT2D eigenvalue weighted by Gasteiger charge is -2.09. The quantitative estimate of drug-likeness (QED) is 0.424. The second-order valence-electron chi connectivity index (χ2n) is 6.05. The van der Waals surface area contributed by atoms with Gasteiger partial charge in [0.1, 0.15) is 12.3 Å². The van der Waals surface area contributed by atoms with Crippen molar-refractivity contribution in [1.29, 1.82) is 0 Å². The van der Waals surface area contributed by atoms with Gasteiger partial charge in [-0.05, 0) is 43.3 Å². The average Bonchev–Trinajstić information content (AvgIpc) is 2.74. The van der Waals surface area contributed by atoms with Crippen molar-refractivity contribution < 1.29 is 28.7 Å². The highest BCUT2D eigenvalue weighted by Crippen LogP contribution is 2.15. The second-order valence-corrected chi connectivity index (χ2v) is 6.48. The number of nitrogens with one attached hydrogen (secondary N) is 3. The number of carbonyl (C=O) groups is 4. The van der Waals surface area contributed by atoms with Crippen LogP contribution in [0.25, 0.3) is 0 Å². The van der Waals surface area contributed by atoms with E-state index in [0.717, 1.165) is 5.56 Å². The first-order valence-electron chi connectivity index (χ1n) is 8.80. The number of hydrazine groups is 1. The van der Waals surface area contributed by atoms with Gasteiger partial charge in [0.05, 0.1) is 0 Å². The summed E-state index contributed by atoms with van der Waals surface area (Å²) >= 11 is 5.74. The fourth-order valence-corrected chi connectivity index (χ4v) is 2.17. The molecule has 158 valence electrons. The molecule has 0 saturated heterocycles. The molecule has 2 aromatic carbocycles. The number of carbonyl (C=O) groups excluding carboxylic acids is 4. The molecule has 2 rings (SSSR count). The van der Waals surface area contributed by atoms with Crippen molar-refractivity contribution >= 4 is 35.3 Å². The second kappa shape index (κ2) is 11.4. The number of amides is 3. The Morgan fingerprint density at radius 2 is 1.47 bits per heavy atom. The van der Waals surface area contributed by atoms with Crippen LogP contribution < -0.4 is 20.9 Å². The largest absolute Gasteiger partial charge is 0.484 e. The Balaban J connectivity index is 1.59.